The lowest BCUT2D eigenvalue weighted by Gasteiger charge is -2.46. The number of aromatic amines is 1. The highest BCUT2D eigenvalue weighted by Gasteiger charge is 2.39. The molecule has 2 N–H and O–H groups in total. The fourth-order valence-corrected chi connectivity index (χ4v) is 6.68. The average molecular weight is 553 g/mol. The van der Waals surface area contributed by atoms with Crippen molar-refractivity contribution in [3.05, 3.63) is 50.4 Å². The predicted molar refractivity (Wildman–Crippen MR) is 149 cm³/mol. The second-order valence-electron chi connectivity index (χ2n) is 10.7. The number of carbonyl (C=O) groups excluding carboxylic acids is 1. The smallest absolute Gasteiger partial charge is 0.254 e. The maximum Gasteiger partial charge on any atom is 0.254 e. The first-order valence-electron chi connectivity index (χ1n) is 13.5. The number of benzene rings is 1. The molecule has 3 heterocycles. The van der Waals surface area contributed by atoms with Gasteiger partial charge in [-0.05, 0) is 63.8 Å². The number of ether oxygens (including phenoxy) is 3. The van der Waals surface area contributed by atoms with E-state index in [1.165, 1.54) is 11.8 Å². The highest BCUT2D eigenvalue weighted by molar-refractivity contribution is 7.98. The highest BCUT2D eigenvalue weighted by Crippen LogP contribution is 2.43. The number of nitrogens with one attached hydrogen (secondary N) is 2. The molecule has 0 spiro atoms. The Morgan fingerprint density at radius 2 is 1.97 bits per heavy atom. The quantitative estimate of drug-likeness (QED) is 0.501. The molecule has 5 rings (SSSR count). The Hall–Kier alpha value is -3.00. The van der Waals surface area contributed by atoms with Gasteiger partial charge in [0.25, 0.3) is 11.5 Å². The van der Waals surface area contributed by atoms with Gasteiger partial charge in [-0.3, -0.25) is 14.5 Å². The number of methoxy groups -OCH3 is 1. The van der Waals surface area contributed by atoms with Gasteiger partial charge in [0.15, 0.2) is 11.5 Å². The number of nitrogens with zero attached hydrogens (tertiary/aromatic N) is 2. The van der Waals surface area contributed by atoms with Crippen LogP contribution in [-0.4, -0.2) is 67.1 Å². The standard InChI is InChI=1S/C29H36N4O5S/c1-16-9-25(39-4)23(29(35)32-16)12-31-28(34)22-10-19(11-30)27-26(17(22)2)38-24(15-37-27)18-5-7-20(8-6-18)33-13-21(14-33)36-3/h9-10,18,20-21,24H,5-8,12-15H2,1-4H3,(H,31,34)(H,32,35)/t18-,20-,24-/m1/s1. The number of fused-ring (bicyclic) bond motifs is 1. The van der Waals surface area contributed by atoms with E-state index in [4.69, 9.17) is 14.2 Å². The van der Waals surface area contributed by atoms with E-state index in [-0.39, 0.29) is 29.7 Å². The molecule has 9 nitrogen and oxygen atoms in total. The highest BCUT2D eigenvalue weighted by atomic mass is 32.2. The van der Waals surface area contributed by atoms with Gasteiger partial charge in [0.2, 0.25) is 0 Å². The number of rotatable bonds is 7. The first kappa shape index (κ1) is 27.6. The zero-order chi connectivity index (χ0) is 27.7. The number of likely N-dealkylation sites (tertiary alicyclic amines) is 1. The van der Waals surface area contributed by atoms with E-state index in [1.807, 2.05) is 26.2 Å². The summed E-state index contributed by atoms with van der Waals surface area (Å²) in [6.45, 7) is 6.15. The van der Waals surface area contributed by atoms with Crippen LogP contribution in [0.1, 0.15) is 58.4 Å². The van der Waals surface area contributed by atoms with Crippen LogP contribution in [-0.2, 0) is 11.3 Å². The first-order chi connectivity index (χ1) is 18.8. The summed E-state index contributed by atoms with van der Waals surface area (Å²) in [7, 11) is 1.78. The van der Waals surface area contributed by atoms with E-state index < -0.39 is 0 Å². The molecule has 0 bridgehead atoms. The van der Waals surface area contributed by atoms with Crippen molar-refractivity contribution in [2.24, 2.45) is 5.92 Å². The Bertz CT molecular complexity index is 1340. The van der Waals surface area contributed by atoms with Crippen LogP contribution in [0.5, 0.6) is 11.5 Å². The molecule has 2 aromatic rings. The Morgan fingerprint density at radius 1 is 1.23 bits per heavy atom. The summed E-state index contributed by atoms with van der Waals surface area (Å²) in [6, 6.07) is 6.20. The van der Waals surface area contributed by atoms with Crippen molar-refractivity contribution in [2.75, 3.05) is 33.1 Å². The SMILES string of the molecule is COC1CN([C@H]2CC[C@H]([C@H]3COc4c(C#N)cc(C(=O)NCc5c(SC)cc(C)[nH]c5=O)c(C)c4O3)CC2)C1. The van der Waals surface area contributed by atoms with Crippen LogP contribution in [0.2, 0.25) is 0 Å². The maximum atomic E-state index is 13.3. The molecule has 2 fully saturated rings. The molecular formula is C29H36N4O5S. The van der Waals surface area contributed by atoms with E-state index in [1.54, 1.807) is 13.2 Å². The number of hydrogen-bond donors (Lipinski definition) is 2. The summed E-state index contributed by atoms with van der Waals surface area (Å²) in [6.07, 6.45) is 6.48. The molecule has 0 unspecified atom stereocenters. The molecule has 2 aliphatic heterocycles. The third kappa shape index (κ3) is 5.53. The minimum Gasteiger partial charge on any atom is -0.484 e. The number of thioether (sulfide) groups is 1. The number of pyridine rings is 1. The second-order valence-corrected chi connectivity index (χ2v) is 11.6. The summed E-state index contributed by atoms with van der Waals surface area (Å²) in [5.74, 6) is 0.868. The zero-order valence-electron chi connectivity index (χ0n) is 23.0. The van der Waals surface area contributed by atoms with Crippen molar-refractivity contribution in [1.82, 2.24) is 15.2 Å². The van der Waals surface area contributed by atoms with Crippen molar-refractivity contribution in [1.29, 1.82) is 5.26 Å². The Kier molecular flexibility index (Phi) is 8.21. The van der Waals surface area contributed by atoms with Gasteiger partial charge in [0, 0.05) is 60.1 Å². The Labute approximate surface area is 233 Å². The van der Waals surface area contributed by atoms with Gasteiger partial charge in [0.1, 0.15) is 18.8 Å². The summed E-state index contributed by atoms with van der Waals surface area (Å²) in [5, 5.41) is 12.7. The topological polar surface area (TPSA) is 117 Å². The molecular weight excluding hydrogens is 516 g/mol. The number of aromatic nitrogens is 1. The molecule has 1 amide bonds. The van der Waals surface area contributed by atoms with Gasteiger partial charge in [-0.25, -0.2) is 0 Å². The molecule has 3 aliphatic rings. The van der Waals surface area contributed by atoms with E-state index >= 15 is 0 Å². The lowest BCUT2D eigenvalue weighted by atomic mass is 9.81. The van der Waals surface area contributed by atoms with Gasteiger partial charge < -0.3 is 24.5 Å². The summed E-state index contributed by atoms with van der Waals surface area (Å²) >= 11 is 1.46. The van der Waals surface area contributed by atoms with E-state index in [9.17, 15) is 14.9 Å². The fourth-order valence-electron chi connectivity index (χ4n) is 5.98. The van der Waals surface area contributed by atoms with Crippen molar-refractivity contribution >= 4 is 17.7 Å². The Morgan fingerprint density at radius 3 is 2.64 bits per heavy atom. The first-order valence-corrected chi connectivity index (χ1v) is 14.7. The molecule has 10 heteroatoms. The molecule has 1 saturated heterocycles. The summed E-state index contributed by atoms with van der Waals surface area (Å²) in [5.41, 5.74) is 2.30. The number of hydrogen-bond acceptors (Lipinski definition) is 8. The van der Waals surface area contributed by atoms with Crippen LogP contribution in [0.3, 0.4) is 0 Å². The minimum absolute atomic E-state index is 0.0778. The third-order valence-corrected chi connectivity index (χ3v) is 9.18. The van der Waals surface area contributed by atoms with Crippen LogP contribution >= 0.6 is 11.8 Å². The van der Waals surface area contributed by atoms with E-state index in [0.29, 0.717) is 52.9 Å². The van der Waals surface area contributed by atoms with Crippen molar-refractivity contribution < 1.29 is 19.0 Å². The minimum atomic E-state index is -0.367. The van der Waals surface area contributed by atoms with Gasteiger partial charge in [-0.15, -0.1) is 11.8 Å². The number of carbonyl (C=O) groups is 1. The average Bonchev–Trinajstić information content (AvgIpc) is 2.92. The van der Waals surface area contributed by atoms with Crippen LogP contribution in [0.4, 0.5) is 0 Å². The molecule has 1 atom stereocenters. The van der Waals surface area contributed by atoms with Crippen LogP contribution in [0.15, 0.2) is 21.8 Å². The predicted octanol–water partition coefficient (Wildman–Crippen LogP) is 3.54. The molecule has 1 aromatic carbocycles. The Balaban J connectivity index is 1.29. The number of amides is 1. The third-order valence-electron chi connectivity index (χ3n) is 8.38. The number of aryl methyl sites for hydroxylation is 1. The van der Waals surface area contributed by atoms with Gasteiger partial charge in [-0.1, -0.05) is 0 Å². The number of nitriles is 1. The zero-order valence-corrected chi connectivity index (χ0v) is 23.8. The van der Waals surface area contributed by atoms with E-state index in [2.05, 4.69) is 21.3 Å². The molecule has 39 heavy (non-hydrogen) atoms. The summed E-state index contributed by atoms with van der Waals surface area (Å²) in [4.78, 5) is 31.9. The van der Waals surface area contributed by atoms with Crippen molar-refractivity contribution in [3.63, 3.8) is 0 Å². The van der Waals surface area contributed by atoms with Crippen molar-refractivity contribution in [2.45, 2.75) is 69.2 Å². The molecule has 1 aromatic heterocycles. The second kappa shape index (κ2) is 11.6. The van der Waals surface area contributed by atoms with E-state index in [0.717, 1.165) is 49.4 Å². The van der Waals surface area contributed by atoms with Gasteiger partial charge in [0.05, 0.1) is 11.7 Å². The van der Waals surface area contributed by atoms with Crippen molar-refractivity contribution in [3.8, 4) is 17.6 Å². The number of H-pyrrole nitrogens is 1. The van der Waals surface area contributed by atoms with Gasteiger partial charge >= 0.3 is 0 Å². The molecule has 1 saturated carbocycles. The lowest BCUT2D eigenvalue weighted by Crippen LogP contribution is -2.57. The summed E-state index contributed by atoms with van der Waals surface area (Å²) < 4.78 is 18.0. The fraction of sp³-hybridized carbons (Fsp3) is 0.552. The van der Waals surface area contributed by atoms with Crippen LogP contribution in [0, 0.1) is 31.1 Å². The monoisotopic (exact) mass is 552 g/mol. The molecule has 0 radical (unpaired) electrons. The molecule has 208 valence electrons. The van der Waals surface area contributed by atoms with Crippen LogP contribution < -0.4 is 20.3 Å². The largest absolute Gasteiger partial charge is 0.484 e. The maximum absolute atomic E-state index is 13.3. The van der Waals surface area contributed by atoms with Crippen LogP contribution in [0.25, 0.3) is 0 Å². The normalized spacial score (nSPS) is 23.1. The lowest BCUT2D eigenvalue weighted by molar-refractivity contribution is -0.0649. The van der Waals surface area contributed by atoms with Gasteiger partial charge in [-0.2, -0.15) is 5.26 Å². The molecule has 1 aliphatic carbocycles.